The summed E-state index contributed by atoms with van der Waals surface area (Å²) in [5.41, 5.74) is -0.108. The van der Waals surface area contributed by atoms with Crippen LogP contribution in [0, 0.1) is 16.6 Å². The molecule has 0 bridgehead atoms. The zero-order chi connectivity index (χ0) is 26.0. The van der Waals surface area contributed by atoms with Crippen molar-refractivity contribution in [1.29, 1.82) is 0 Å². The Morgan fingerprint density at radius 1 is 1.17 bits per heavy atom. The summed E-state index contributed by atoms with van der Waals surface area (Å²) in [6, 6.07) is 9.51. The minimum atomic E-state index is -3.68. The van der Waals surface area contributed by atoms with E-state index in [9.17, 15) is 17.6 Å². The number of ether oxygens (including phenoxy) is 2. The summed E-state index contributed by atoms with van der Waals surface area (Å²) in [5.74, 6) is -0.362. The van der Waals surface area contributed by atoms with Crippen molar-refractivity contribution in [2.24, 2.45) is 10.8 Å². The Bertz CT molecular complexity index is 1170. The molecule has 2 aromatic carbocycles. The van der Waals surface area contributed by atoms with Gasteiger partial charge in [0.2, 0.25) is 0 Å². The number of hydrogen-bond donors (Lipinski definition) is 0. The first-order valence-electron chi connectivity index (χ1n) is 11.6. The molecule has 0 saturated heterocycles. The average Bonchev–Trinajstić information content (AvgIpc) is 2.94. The van der Waals surface area contributed by atoms with Crippen LogP contribution in [0.15, 0.2) is 46.2 Å². The quantitative estimate of drug-likeness (QED) is 0.317. The van der Waals surface area contributed by atoms with E-state index in [1.54, 1.807) is 32.0 Å². The maximum absolute atomic E-state index is 13.7. The van der Waals surface area contributed by atoms with E-state index >= 15 is 0 Å². The Labute approximate surface area is 212 Å². The van der Waals surface area contributed by atoms with Gasteiger partial charge < -0.3 is 14.4 Å². The van der Waals surface area contributed by atoms with Crippen LogP contribution in [0.3, 0.4) is 0 Å². The lowest BCUT2D eigenvalue weighted by molar-refractivity contribution is -0.152. The first-order chi connectivity index (χ1) is 16.4. The van der Waals surface area contributed by atoms with E-state index < -0.39 is 26.6 Å². The zero-order valence-corrected chi connectivity index (χ0v) is 22.8. The standard InChI is InChI=1S/C26H34FNO5S2/c1-7-26(8-2)15-28(19-11-9-18(27)10-12-19)20-13-22(34-6)21(14-23(20)35(30,31)17-26)33-16-25(3,4)24(29)32-5/h9-14H,7-8,15-17H2,1-6H3. The molecule has 1 aliphatic rings. The van der Waals surface area contributed by atoms with Crippen LogP contribution in [0.4, 0.5) is 15.8 Å². The van der Waals surface area contributed by atoms with Gasteiger partial charge in [-0.2, -0.15) is 0 Å². The van der Waals surface area contributed by atoms with Gasteiger partial charge in [-0.15, -0.1) is 11.8 Å². The van der Waals surface area contributed by atoms with Crippen molar-refractivity contribution < 1.29 is 27.1 Å². The highest BCUT2D eigenvalue weighted by atomic mass is 32.2. The molecule has 0 N–H and O–H groups in total. The number of fused-ring (bicyclic) bond motifs is 1. The van der Waals surface area contributed by atoms with Gasteiger partial charge in [-0.05, 0) is 63.3 Å². The highest BCUT2D eigenvalue weighted by Crippen LogP contribution is 2.47. The van der Waals surface area contributed by atoms with Crippen molar-refractivity contribution in [3.8, 4) is 5.75 Å². The van der Waals surface area contributed by atoms with Gasteiger partial charge in [0.05, 0.1) is 33.8 Å². The molecule has 1 heterocycles. The van der Waals surface area contributed by atoms with Crippen molar-refractivity contribution in [3.05, 3.63) is 42.2 Å². The number of methoxy groups -OCH3 is 1. The van der Waals surface area contributed by atoms with Crippen LogP contribution in [0.5, 0.6) is 5.75 Å². The van der Waals surface area contributed by atoms with E-state index in [1.165, 1.54) is 31.0 Å². The molecule has 0 amide bonds. The summed E-state index contributed by atoms with van der Waals surface area (Å²) in [7, 11) is -2.35. The predicted octanol–water partition coefficient (Wildman–Crippen LogP) is 5.86. The number of rotatable bonds is 8. The fraction of sp³-hybridized carbons (Fsp3) is 0.500. The number of sulfone groups is 1. The lowest BCUT2D eigenvalue weighted by atomic mass is 9.83. The molecule has 2 aromatic rings. The molecule has 0 aliphatic carbocycles. The maximum Gasteiger partial charge on any atom is 0.314 e. The van der Waals surface area contributed by atoms with Gasteiger partial charge in [0.25, 0.3) is 0 Å². The molecule has 192 valence electrons. The minimum absolute atomic E-state index is 0.00338. The highest BCUT2D eigenvalue weighted by Gasteiger charge is 2.41. The Balaban J connectivity index is 2.19. The predicted molar refractivity (Wildman–Crippen MR) is 138 cm³/mol. The summed E-state index contributed by atoms with van der Waals surface area (Å²) in [4.78, 5) is 15.0. The van der Waals surface area contributed by atoms with Gasteiger partial charge in [-0.25, -0.2) is 12.8 Å². The molecule has 0 spiro atoms. The molecule has 0 fully saturated rings. The number of benzene rings is 2. The monoisotopic (exact) mass is 523 g/mol. The van der Waals surface area contributed by atoms with Gasteiger partial charge in [0.1, 0.15) is 18.2 Å². The van der Waals surface area contributed by atoms with Gasteiger partial charge in [-0.1, -0.05) is 13.8 Å². The van der Waals surface area contributed by atoms with Gasteiger partial charge in [0, 0.05) is 23.7 Å². The molecule has 6 nitrogen and oxygen atoms in total. The van der Waals surface area contributed by atoms with Crippen LogP contribution in [-0.2, 0) is 19.4 Å². The van der Waals surface area contributed by atoms with Crippen LogP contribution in [-0.4, -0.2) is 46.7 Å². The smallest absolute Gasteiger partial charge is 0.314 e. The molecule has 35 heavy (non-hydrogen) atoms. The third-order valence-corrected chi connectivity index (χ3v) is 9.57. The third-order valence-electron chi connectivity index (χ3n) is 6.83. The minimum Gasteiger partial charge on any atom is -0.491 e. The van der Waals surface area contributed by atoms with Gasteiger partial charge in [0.15, 0.2) is 9.84 Å². The second-order valence-corrected chi connectivity index (χ2v) is 12.5. The summed E-state index contributed by atoms with van der Waals surface area (Å²) < 4.78 is 52.1. The zero-order valence-electron chi connectivity index (χ0n) is 21.2. The second kappa shape index (κ2) is 10.4. The Hall–Kier alpha value is -2.26. The van der Waals surface area contributed by atoms with E-state index in [0.29, 0.717) is 30.8 Å². The first-order valence-corrected chi connectivity index (χ1v) is 14.5. The van der Waals surface area contributed by atoms with Crippen molar-refractivity contribution in [2.45, 2.75) is 50.3 Å². The number of carbonyl (C=O) groups is 1. The maximum atomic E-state index is 13.7. The topological polar surface area (TPSA) is 72.9 Å². The van der Waals surface area contributed by atoms with Crippen LogP contribution in [0.1, 0.15) is 40.5 Å². The van der Waals surface area contributed by atoms with Crippen LogP contribution in [0.25, 0.3) is 0 Å². The fourth-order valence-electron chi connectivity index (χ4n) is 4.33. The largest absolute Gasteiger partial charge is 0.491 e. The highest BCUT2D eigenvalue weighted by molar-refractivity contribution is 7.98. The molecule has 3 rings (SSSR count). The molecule has 0 aromatic heterocycles. The van der Waals surface area contributed by atoms with Crippen LogP contribution in [0.2, 0.25) is 0 Å². The lowest BCUT2D eigenvalue weighted by Gasteiger charge is -2.35. The number of carbonyl (C=O) groups excluding carboxylic acids is 1. The van der Waals surface area contributed by atoms with E-state index in [0.717, 1.165) is 10.6 Å². The number of nitrogens with zero attached hydrogens (tertiary/aromatic N) is 1. The lowest BCUT2D eigenvalue weighted by Crippen LogP contribution is -2.37. The molecule has 9 heteroatoms. The van der Waals surface area contributed by atoms with Crippen molar-refractivity contribution in [1.82, 2.24) is 0 Å². The number of thioether (sulfide) groups is 1. The van der Waals surface area contributed by atoms with Gasteiger partial charge >= 0.3 is 5.97 Å². The van der Waals surface area contributed by atoms with E-state index in [1.807, 2.05) is 31.1 Å². The summed E-state index contributed by atoms with van der Waals surface area (Å²) in [6.45, 7) is 7.96. The molecule has 0 radical (unpaired) electrons. The van der Waals surface area contributed by atoms with Crippen molar-refractivity contribution in [3.63, 3.8) is 0 Å². The Morgan fingerprint density at radius 2 is 1.80 bits per heavy atom. The Morgan fingerprint density at radius 3 is 2.34 bits per heavy atom. The summed E-state index contributed by atoms with van der Waals surface area (Å²) >= 11 is 1.43. The second-order valence-electron chi connectivity index (χ2n) is 9.66. The molecular weight excluding hydrogens is 489 g/mol. The molecule has 1 aliphatic heterocycles. The number of esters is 1. The van der Waals surface area contributed by atoms with Crippen molar-refractivity contribution in [2.75, 3.05) is 37.2 Å². The van der Waals surface area contributed by atoms with E-state index in [4.69, 9.17) is 9.47 Å². The molecule has 0 saturated carbocycles. The summed E-state index contributed by atoms with van der Waals surface area (Å²) in [6.07, 6.45) is 3.25. The number of hydrogen-bond acceptors (Lipinski definition) is 7. The van der Waals surface area contributed by atoms with Crippen LogP contribution >= 0.6 is 11.8 Å². The van der Waals surface area contributed by atoms with Crippen molar-refractivity contribution >= 4 is 38.9 Å². The summed E-state index contributed by atoms with van der Waals surface area (Å²) in [5, 5.41) is 0. The fourth-order valence-corrected chi connectivity index (χ4v) is 7.12. The normalized spacial score (nSPS) is 16.8. The Kier molecular flexibility index (Phi) is 8.11. The number of halogens is 1. The van der Waals surface area contributed by atoms with E-state index in [-0.39, 0.29) is 23.1 Å². The molecule has 0 unspecified atom stereocenters. The first kappa shape index (κ1) is 27.3. The number of anilines is 2. The van der Waals surface area contributed by atoms with E-state index in [2.05, 4.69) is 0 Å². The van der Waals surface area contributed by atoms with Crippen LogP contribution < -0.4 is 9.64 Å². The SMILES string of the molecule is CCC1(CC)CN(c2ccc(F)cc2)c2cc(SC)c(OCC(C)(C)C(=O)OC)cc2S(=O)(=O)C1. The van der Waals surface area contributed by atoms with Gasteiger partial charge in [-0.3, -0.25) is 4.79 Å². The molecular formula is C26H34FNO5S2. The molecule has 0 atom stereocenters. The third kappa shape index (κ3) is 5.61. The average molecular weight is 524 g/mol.